The number of aliphatic hydroxyl groups excluding tert-OH is 1. The van der Waals surface area contributed by atoms with Crippen LogP contribution in [-0.4, -0.2) is 34.3 Å². The van der Waals surface area contributed by atoms with Crippen LogP contribution in [0.1, 0.15) is 18.7 Å². The van der Waals surface area contributed by atoms with E-state index in [1.165, 1.54) is 10.9 Å². The van der Waals surface area contributed by atoms with Crippen molar-refractivity contribution in [1.82, 2.24) is 9.78 Å². The maximum absolute atomic E-state index is 11.8. The van der Waals surface area contributed by atoms with Crippen molar-refractivity contribution in [3.05, 3.63) is 16.4 Å². The normalized spacial score (nSPS) is 14.0. The van der Waals surface area contributed by atoms with Gasteiger partial charge in [0.25, 0.3) is 0 Å². The van der Waals surface area contributed by atoms with Gasteiger partial charge in [-0.05, 0) is 22.9 Å². The Bertz CT molecular complexity index is 368. The average Bonchev–Trinajstić information content (AvgIpc) is 2.57. The summed E-state index contributed by atoms with van der Waals surface area (Å²) in [6, 6.07) is 0. The Morgan fingerprint density at radius 1 is 1.59 bits per heavy atom. The van der Waals surface area contributed by atoms with E-state index in [2.05, 4.69) is 25.8 Å². The van der Waals surface area contributed by atoms with Crippen LogP contribution in [0.4, 0.5) is 13.2 Å². The van der Waals surface area contributed by atoms with E-state index < -0.39 is 25.5 Å². The number of aliphatic hydroxyl groups is 1. The second-order valence-electron chi connectivity index (χ2n) is 3.34. The number of hydrogen-bond donors (Lipinski definition) is 1. The van der Waals surface area contributed by atoms with Crippen molar-refractivity contribution in [2.24, 2.45) is 0 Å². The van der Waals surface area contributed by atoms with E-state index in [0.29, 0.717) is 16.7 Å². The number of alkyl halides is 3. The molecule has 4 nitrogen and oxygen atoms in total. The number of nitrogens with zero attached hydrogens (tertiary/aromatic N) is 2. The van der Waals surface area contributed by atoms with Gasteiger partial charge in [0, 0.05) is 6.54 Å². The predicted molar refractivity (Wildman–Crippen MR) is 57.4 cm³/mol. The molecular formula is C9H12BrF3N2O2. The highest BCUT2D eigenvalue weighted by Gasteiger charge is 2.28. The summed E-state index contributed by atoms with van der Waals surface area (Å²) in [6.07, 6.45) is -4.05. The van der Waals surface area contributed by atoms with Gasteiger partial charge in [-0.2, -0.15) is 18.3 Å². The van der Waals surface area contributed by atoms with E-state index in [1.807, 2.05) is 6.92 Å². The molecule has 1 unspecified atom stereocenters. The van der Waals surface area contributed by atoms with Gasteiger partial charge in [-0.1, -0.05) is 0 Å². The molecule has 98 valence electrons. The molecule has 1 heterocycles. The highest BCUT2D eigenvalue weighted by atomic mass is 79.9. The molecule has 1 atom stereocenters. The summed E-state index contributed by atoms with van der Waals surface area (Å²) >= 11 is 3.17. The minimum atomic E-state index is -4.39. The van der Waals surface area contributed by atoms with E-state index in [1.54, 1.807) is 0 Å². The first-order chi connectivity index (χ1) is 7.85. The fourth-order valence-corrected chi connectivity index (χ4v) is 1.88. The molecule has 8 heteroatoms. The van der Waals surface area contributed by atoms with E-state index in [-0.39, 0.29) is 0 Å². The lowest BCUT2D eigenvalue weighted by Crippen LogP contribution is -2.21. The van der Waals surface area contributed by atoms with Crippen molar-refractivity contribution >= 4 is 15.9 Å². The molecule has 0 spiro atoms. The van der Waals surface area contributed by atoms with Gasteiger partial charge in [-0.15, -0.1) is 0 Å². The largest absolute Gasteiger partial charge is 0.411 e. The fraction of sp³-hybridized carbons (Fsp3) is 0.667. The van der Waals surface area contributed by atoms with Crippen LogP contribution in [0, 0.1) is 0 Å². The number of aromatic nitrogens is 2. The standard InChI is InChI=1S/C9H12BrF3N2O2/c1-2-15-8(6(10)3-14-15)7(16)4-17-5-9(11,12)13/h3,7,16H,2,4-5H2,1H3. The van der Waals surface area contributed by atoms with Gasteiger partial charge in [0.05, 0.1) is 23.0 Å². The lowest BCUT2D eigenvalue weighted by atomic mass is 10.2. The predicted octanol–water partition coefficient (Wildman–Crippen LogP) is 2.28. The molecule has 1 aromatic heterocycles. The first kappa shape index (κ1) is 14.5. The Morgan fingerprint density at radius 3 is 2.76 bits per heavy atom. The molecule has 0 aromatic carbocycles. The molecule has 0 amide bonds. The van der Waals surface area contributed by atoms with Crippen LogP contribution >= 0.6 is 15.9 Å². The SMILES string of the molecule is CCn1ncc(Br)c1C(O)COCC(F)(F)F. The maximum atomic E-state index is 11.8. The molecule has 1 rings (SSSR count). The van der Waals surface area contributed by atoms with Crippen molar-refractivity contribution in [3.63, 3.8) is 0 Å². The Hall–Kier alpha value is -0.600. The summed E-state index contributed by atoms with van der Waals surface area (Å²) in [7, 11) is 0. The molecule has 0 fully saturated rings. The third-order valence-electron chi connectivity index (χ3n) is 1.99. The van der Waals surface area contributed by atoms with E-state index in [4.69, 9.17) is 0 Å². The summed E-state index contributed by atoms with van der Waals surface area (Å²) in [5.41, 5.74) is 0.412. The Labute approximate surface area is 105 Å². The second kappa shape index (κ2) is 5.83. The van der Waals surface area contributed by atoms with Crippen LogP contribution in [-0.2, 0) is 11.3 Å². The second-order valence-corrected chi connectivity index (χ2v) is 4.19. The quantitative estimate of drug-likeness (QED) is 0.906. The van der Waals surface area contributed by atoms with Crippen LogP contribution in [0.3, 0.4) is 0 Å². The average molecular weight is 317 g/mol. The molecule has 0 saturated heterocycles. The minimum absolute atomic E-state index is 0.412. The monoisotopic (exact) mass is 316 g/mol. The van der Waals surface area contributed by atoms with E-state index in [0.717, 1.165) is 0 Å². The van der Waals surface area contributed by atoms with Crippen LogP contribution in [0.5, 0.6) is 0 Å². The van der Waals surface area contributed by atoms with Gasteiger partial charge in [-0.3, -0.25) is 4.68 Å². The van der Waals surface area contributed by atoms with Crippen molar-refractivity contribution in [2.75, 3.05) is 13.2 Å². The topological polar surface area (TPSA) is 47.3 Å². The summed E-state index contributed by atoms with van der Waals surface area (Å²) in [5.74, 6) is 0. The number of aryl methyl sites for hydroxylation is 1. The number of hydrogen-bond acceptors (Lipinski definition) is 3. The zero-order chi connectivity index (χ0) is 13.1. The van der Waals surface area contributed by atoms with Gasteiger partial charge >= 0.3 is 6.18 Å². The first-order valence-electron chi connectivity index (χ1n) is 4.89. The molecule has 17 heavy (non-hydrogen) atoms. The summed E-state index contributed by atoms with van der Waals surface area (Å²) in [6.45, 7) is 0.523. The molecule has 1 N–H and O–H groups in total. The molecule has 1 aromatic rings. The third kappa shape index (κ3) is 4.29. The van der Waals surface area contributed by atoms with Gasteiger partial charge in [0.2, 0.25) is 0 Å². The van der Waals surface area contributed by atoms with Crippen LogP contribution in [0.25, 0.3) is 0 Å². The van der Waals surface area contributed by atoms with Crippen molar-refractivity contribution in [1.29, 1.82) is 0 Å². The number of rotatable bonds is 5. The van der Waals surface area contributed by atoms with E-state index >= 15 is 0 Å². The Kier molecular flexibility index (Phi) is 4.96. The highest BCUT2D eigenvalue weighted by molar-refractivity contribution is 9.10. The van der Waals surface area contributed by atoms with Crippen molar-refractivity contribution < 1.29 is 23.0 Å². The molecule has 0 aliphatic carbocycles. The van der Waals surface area contributed by atoms with Crippen LogP contribution in [0.2, 0.25) is 0 Å². The van der Waals surface area contributed by atoms with Gasteiger partial charge in [-0.25, -0.2) is 0 Å². The lowest BCUT2D eigenvalue weighted by Gasteiger charge is -2.14. The Balaban J connectivity index is 2.57. The number of halogens is 4. The summed E-state index contributed by atoms with van der Waals surface area (Å²) in [4.78, 5) is 0. The lowest BCUT2D eigenvalue weighted by molar-refractivity contribution is -0.179. The first-order valence-corrected chi connectivity index (χ1v) is 5.68. The molecule has 0 aliphatic rings. The molecule has 0 bridgehead atoms. The summed E-state index contributed by atoms with van der Waals surface area (Å²) in [5, 5.41) is 13.7. The van der Waals surface area contributed by atoms with E-state index in [9.17, 15) is 18.3 Å². The smallest absolute Gasteiger partial charge is 0.384 e. The fourth-order valence-electron chi connectivity index (χ4n) is 1.32. The van der Waals surface area contributed by atoms with Gasteiger partial charge < -0.3 is 9.84 Å². The van der Waals surface area contributed by atoms with Gasteiger partial charge in [0.1, 0.15) is 12.7 Å². The Morgan fingerprint density at radius 2 is 2.24 bits per heavy atom. The zero-order valence-corrected chi connectivity index (χ0v) is 10.6. The number of ether oxygens (including phenoxy) is 1. The maximum Gasteiger partial charge on any atom is 0.411 e. The van der Waals surface area contributed by atoms with Crippen LogP contribution < -0.4 is 0 Å². The minimum Gasteiger partial charge on any atom is -0.384 e. The molecule has 0 radical (unpaired) electrons. The molecule has 0 aliphatic heterocycles. The van der Waals surface area contributed by atoms with Crippen LogP contribution in [0.15, 0.2) is 10.7 Å². The highest BCUT2D eigenvalue weighted by Crippen LogP contribution is 2.24. The van der Waals surface area contributed by atoms with Crippen molar-refractivity contribution in [3.8, 4) is 0 Å². The third-order valence-corrected chi connectivity index (χ3v) is 2.60. The zero-order valence-electron chi connectivity index (χ0n) is 9.04. The molecular weight excluding hydrogens is 305 g/mol. The molecule has 0 saturated carbocycles. The summed E-state index contributed by atoms with van der Waals surface area (Å²) < 4.78 is 42.0. The van der Waals surface area contributed by atoms with Crippen molar-refractivity contribution in [2.45, 2.75) is 25.7 Å². The van der Waals surface area contributed by atoms with Gasteiger partial charge in [0.15, 0.2) is 0 Å².